The average Bonchev–Trinajstić information content (AvgIpc) is 3.03. The van der Waals surface area contributed by atoms with Crippen LogP contribution in [0.1, 0.15) is 37.7 Å². The number of anilines is 1. The Morgan fingerprint density at radius 3 is 2.65 bits per heavy atom. The highest BCUT2D eigenvalue weighted by Gasteiger charge is 2.18. The molecule has 1 aliphatic heterocycles. The van der Waals surface area contributed by atoms with Crippen LogP contribution in [0.15, 0.2) is 24.3 Å². The van der Waals surface area contributed by atoms with Gasteiger partial charge in [-0.3, -0.25) is 9.69 Å². The zero-order valence-electron chi connectivity index (χ0n) is 14.3. The molecule has 1 aromatic carbocycles. The molecular formula is C19H29N3O. The topological polar surface area (TPSA) is 35.6 Å². The summed E-state index contributed by atoms with van der Waals surface area (Å²) in [6.45, 7) is 5.49. The first kappa shape index (κ1) is 16.5. The summed E-state index contributed by atoms with van der Waals surface area (Å²) in [6, 6.07) is 8.34. The Labute approximate surface area is 139 Å². The largest absolute Gasteiger partial charge is 0.326 e. The molecule has 126 valence electrons. The molecule has 4 nitrogen and oxygen atoms in total. The highest BCUT2D eigenvalue weighted by molar-refractivity contribution is 5.90. The molecule has 0 atom stereocenters. The highest BCUT2D eigenvalue weighted by atomic mass is 16.1. The second kappa shape index (κ2) is 7.93. The minimum atomic E-state index is 0.175. The Balaban J connectivity index is 1.51. The number of rotatable bonds is 5. The van der Waals surface area contributed by atoms with Gasteiger partial charge in [0.15, 0.2) is 0 Å². The van der Waals surface area contributed by atoms with Crippen molar-refractivity contribution in [3.63, 3.8) is 0 Å². The number of benzene rings is 1. The van der Waals surface area contributed by atoms with Gasteiger partial charge in [0.25, 0.3) is 0 Å². The number of carbonyl (C=O) groups is 1. The van der Waals surface area contributed by atoms with Crippen LogP contribution in [0.4, 0.5) is 5.69 Å². The summed E-state index contributed by atoms with van der Waals surface area (Å²) >= 11 is 0. The molecule has 1 heterocycles. The summed E-state index contributed by atoms with van der Waals surface area (Å²) in [7, 11) is 2.18. The van der Waals surface area contributed by atoms with E-state index in [0.717, 1.165) is 38.4 Å². The molecule has 0 spiro atoms. The standard InChI is InChI=1S/C19H29N3O/c1-21-9-11-22(12-10-21)15-17-7-4-8-18(13-17)20-19(23)14-16-5-2-3-6-16/h4,7-8,13,16H,2-3,5-6,9-12,14-15H2,1H3,(H,20,23). The number of nitrogens with zero attached hydrogens (tertiary/aromatic N) is 2. The van der Waals surface area contributed by atoms with Crippen molar-refractivity contribution in [2.45, 2.75) is 38.6 Å². The van der Waals surface area contributed by atoms with E-state index in [1.165, 1.54) is 31.2 Å². The van der Waals surface area contributed by atoms with E-state index in [1.54, 1.807) is 0 Å². The van der Waals surface area contributed by atoms with Crippen LogP contribution >= 0.6 is 0 Å². The Kier molecular flexibility index (Phi) is 5.68. The number of carbonyl (C=O) groups excluding carboxylic acids is 1. The van der Waals surface area contributed by atoms with E-state index >= 15 is 0 Å². The van der Waals surface area contributed by atoms with Gasteiger partial charge in [-0.1, -0.05) is 25.0 Å². The quantitative estimate of drug-likeness (QED) is 0.907. The van der Waals surface area contributed by atoms with E-state index < -0.39 is 0 Å². The molecular weight excluding hydrogens is 286 g/mol. The summed E-state index contributed by atoms with van der Waals surface area (Å²) < 4.78 is 0. The first-order chi connectivity index (χ1) is 11.2. The molecule has 1 N–H and O–H groups in total. The maximum absolute atomic E-state index is 12.2. The van der Waals surface area contributed by atoms with Crippen LogP contribution in [0.25, 0.3) is 0 Å². The van der Waals surface area contributed by atoms with Gasteiger partial charge in [0.05, 0.1) is 0 Å². The molecule has 0 aromatic heterocycles. The third-order valence-corrected chi connectivity index (χ3v) is 5.16. The van der Waals surface area contributed by atoms with Crippen LogP contribution < -0.4 is 5.32 Å². The van der Waals surface area contributed by atoms with E-state index in [9.17, 15) is 4.79 Å². The summed E-state index contributed by atoms with van der Waals surface area (Å²) in [5, 5.41) is 3.09. The molecule has 23 heavy (non-hydrogen) atoms. The Morgan fingerprint density at radius 1 is 1.17 bits per heavy atom. The minimum Gasteiger partial charge on any atom is -0.326 e. The minimum absolute atomic E-state index is 0.175. The second-order valence-electron chi connectivity index (χ2n) is 7.18. The second-order valence-corrected chi connectivity index (χ2v) is 7.18. The summed E-state index contributed by atoms with van der Waals surface area (Å²) in [5.74, 6) is 0.775. The van der Waals surface area contributed by atoms with Crippen LogP contribution in [0.2, 0.25) is 0 Å². The van der Waals surface area contributed by atoms with Gasteiger partial charge in [-0.15, -0.1) is 0 Å². The highest BCUT2D eigenvalue weighted by Crippen LogP contribution is 2.27. The molecule has 1 aliphatic carbocycles. The first-order valence-electron chi connectivity index (χ1n) is 8.99. The van der Waals surface area contributed by atoms with E-state index in [0.29, 0.717) is 12.3 Å². The molecule has 2 aliphatic rings. The summed E-state index contributed by atoms with van der Waals surface area (Å²) in [4.78, 5) is 17.0. The number of nitrogens with one attached hydrogen (secondary N) is 1. The Morgan fingerprint density at radius 2 is 1.91 bits per heavy atom. The zero-order chi connectivity index (χ0) is 16.1. The number of amides is 1. The molecule has 0 radical (unpaired) electrons. The van der Waals surface area contributed by atoms with Gasteiger partial charge in [0, 0.05) is 44.8 Å². The maximum Gasteiger partial charge on any atom is 0.224 e. The van der Waals surface area contributed by atoms with Crippen molar-refractivity contribution in [2.24, 2.45) is 5.92 Å². The van der Waals surface area contributed by atoms with Crippen LogP contribution in [-0.4, -0.2) is 48.9 Å². The lowest BCUT2D eigenvalue weighted by Crippen LogP contribution is -2.43. The molecule has 1 aromatic rings. The van der Waals surface area contributed by atoms with Crippen molar-refractivity contribution in [3.05, 3.63) is 29.8 Å². The van der Waals surface area contributed by atoms with Gasteiger partial charge in [0.1, 0.15) is 0 Å². The zero-order valence-corrected chi connectivity index (χ0v) is 14.3. The van der Waals surface area contributed by atoms with Crippen LogP contribution in [0.3, 0.4) is 0 Å². The van der Waals surface area contributed by atoms with Crippen molar-refractivity contribution < 1.29 is 4.79 Å². The van der Waals surface area contributed by atoms with Crippen molar-refractivity contribution >= 4 is 11.6 Å². The molecule has 1 saturated heterocycles. The third-order valence-electron chi connectivity index (χ3n) is 5.16. The van der Waals surface area contributed by atoms with E-state index in [2.05, 4.69) is 40.4 Å². The molecule has 2 fully saturated rings. The fourth-order valence-corrected chi connectivity index (χ4v) is 3.70. The van der Waals surface area contributed by atoms with Gasteiger partial charge in [-0.05, 0) is 43.5 Å². The third kappa shape index (κ3) is 5.05. The van der Waals surface area contributed by atoms with Crippen LogP contribution in [0.5, 0.6) is 0 Å². The normalized spacial score (nSPS) is 20.7. The number of piperazine rings is 1. The first-order valence-corrected chi connectivity index (χ1v) is 8.99. The number of hydrogen-bond acceptors (Lipinski definition) is 3. The lowest BCUT2D eigenvalue weighted by molar-refractivity contribution is -0.117. The number of likely N-dealkylation sites (N-methyl/N-ethyl adjacent to an activating group) is 1. The van der Waals surface area contributed by atoms with Gasteiger partial charge in [-0.2, -0.15) is 0 Å². The average molecular weight is 315 g/mol. The van der Waals surface area contributed by atoms with Crippen LogP contribution in [-0.2, 0) is 11.3 Å². The Bertz CT molecular complexity index is 517. The molecule has 0 bridgehead atoms. The van der Waals surface area contributed by atoms with Crippen molar-refractivity contribution in [1.29, 1.82) is 0 Å². The lowest BCUT2D eigenvalue weighted by atomic mass is 10.0. The van der Waals surface area contributed by atoms with E-state index in [-0.39, 0.29) is 5.91 Å². The summed E-state index contributed by atoms with van der Waals surface area (Å²) in [6.07, 6.45) is 5.70. The molecule has 1 amide bonds. The van der Waals surface area contributed by atoms with E-state index in [1.807, 2.05) is 6.07 Å². The SMILES string of the molecule is CN1CCN(Cc2cccc(NC(=O)CC3CCCC3)c2)CC1. The lowest BCUT2D eigenvalue weighted by Gasteiger charge is -2.32. The smallest absolute Gasteiger partial charge is 0.224 e. The van der Waals surface area contributed by atoms with Crippen molar-refractivity contribution in [2.75, 3.05) is 38.5 Å². The van der Waals surface area contributed by atoms with E-state index in [4.69, 9.17) is 0 Å². The van der Waals surface area contributed by atoms with Crippen LogP contribution in [0, 0.1) is 5.92 Å². The monoisotopic (exact) mass is 315 g/mol. The van der Waals surface area contributed by atoms with Gasteiger partial charge in [-0.25, -0.2) is 0 Å². The van der Waals surface area contributed by atoms with Gasteiger partial charge in [0.2, 0.25) is 5.91 Å². The van der Waals surface area contributed by atoms with Crippen molar-refractivity contribution in [3.8, 4) is 0 Å². The summed E-state index contributed by atoms with van der Waals surface area (Å²) in [5.41, 5.74) is 2.23. The molecule has 1 saturated carbocycles. The Hall–Kier alpha value is -1.39. The maximum atomic E-state index is 12.2. The van der Waals surface area contributed by atoms with Gasteiger partial charge >= 0.3 is 0 Å². The molecule has 0 unspecified atom stereocenters. The fourth-order valence-electron chi connectivity index (χ4n) is 3.70. The molecule has 3 rings (SSSR count). The fraction of sp³-hybridized carbons (Fsp3) is 0.632. The molecule has 4 heteroatoms. The number of hydrogen-bond donors (Lipinski definition) is 1. The van der Waals surface area contributed by atoms with Crippen molar-refractivity contribution in [1.82, 2.24) is 9.80 Å². The van der Waals surface area contributed by atoms with Gasteiger partial charge < -0.3 is 10.2 Å². The predicted molar refractivity (Wildman–Crippen MR) is 94.4 cm³/mol. The predicted octanol–water partition coefficient (Wildman–Crippen LogP) is 2.95.